The van der Waals surface area contributed by atoms with Crippen molar-refractivity contribution in [3.63, 3.8) is 0 Å². The monoisotopic (exact) mass is 428 g/mol. The lowest BCUT2D eigenvalue weighted by molar-refractivity contribution is -0.123. The van der Waals surface area contributed by atoms with Crippen molar-refractivity contribution in [2.45, 2.75) is 32.6 Å². The number of carbonyl (C=O) groups excluding carboxylic acids is 1. The largest absolute Gasteiger partial charge is 0.497 e. The highest BCUT2D eigenvalue weighted by atomic mass is 35.5. The van der Waals surface area contributed by atoms with Crippen LogP contribution in [0, 0.1) is 11.8 Å². The number of benzene rings is 2. The van der Waals surface area contributed by atoms with Crippen LogP contribution in [0.1, 0.15) is 37.3 Å². The molecule has 4 nitrogen and oxygen atoms in total. The first-order chi connectivity index (χ1) is 14.3. The van der Waals surface area contributed by atoms with Gasteiger partial charge in [0.15, 0.2) is 0 Å². The molecule has 0 fully saturated rings. The lowest BCUT2D eigenvalue weighted by atomic mass is 9.78. The number of fused-ring (bicyclic) bond motifs is 1. The Kier molecular flexibility index (Phi) is 7.43. The summed E-state index contributed by atoms with van der Waals surface area (Å²) in [6.45, 7) is 5.87. The normalized spacial score (nSPS) is 19.2. The number of likely N-dealkylation sites (N-methyl/N-ethyl adjacent to an activating group) is 1. The molecular formula is C25H33ClN2O2. The molecule has 0 bridgehead atoms. The number of carbonyl (C=O) groups is 1. The Labute approximate surface area is 185 Å². The molecule has 0 radical (unpaired) electrons. The predicted molar refractivity (Wildman–Crippen MR) is 125 cm³/mol. The summed E-state index contributed by atoms with van der Waals surface area (Å²) in [7, 11) is 5.75. The van der Waals surface area contributed by atoms with Crippen molar-refractivity contribution in [2.75, 3.05) is 39.2 Å². The van der Waals surface area contributed by atoms with E-state index in [9.17, 15) is 4.79 Å². The maximum Gasteiger partial charge on any atom is 0.230 e. The molecule has 1 amide bonds. The Morgan fingerprint density at radius 2 is 1.87 bits per heavy atom. The number of hydrogen-bond donors (Lipinski definition) is 0. The van der Waals surface area contributed by atoms with Crippen molar-refractivity contribution in [3.05, 3.63) is 58.6 Å². The Morgan fingerprint density at radius 3 is 2.47 bits per heavy atom. The van der Waals surface area contributed by atoms with Crippen molar-refractivity contribution >= 4 is 23.2 Å². The van der Waals surface area contributed by atoms with E-state index in [4.69, 9.17) is 16.3 Å². The van der Waals surface area contributed by atoms with E-state index in [0.29, 0.717) is 17.5 Å². The van der Waals surface area contributed by atoms with E-state index in [1.165, 1.54) is 5.56 Å². The molecule has 0 N–H and O–H groups in total. The fourth-order valence-corrected chi connectivity index (χ4v) is 4.55. The summed E-state index contributed by atoms with van der Waals surface area (Å²) in [6, 6.07) is 14.1. The highest BCUT2D eigenvalue weighted by Gasteiger charge is 2.38. The molecular weight excluding hydrogens is 396 g/mol. The van der Waals surface area contributed by atoms with Crippen LogP contribution in [0.2, 0.25) is 5.02 Å². The standard InChI is InChI=1S/C25H33ClN2O2/c1-17(2)14-23-22(18-6-9-21(30-5)10-7-18)16-19-15-20(26)8-11-24(19)28(25(23)29)13-12-27(3)4/h6-11,15,17,22-23H,12-14,16H2,1-5H3. The van der Waals surface area contributed by atoms with Gasteiger partial charge in [0.1, 0.15) is 5.75 Å². The Bertz CT molecular complexity index is 864. The summed E-state index contributed by atoms with van der Waals surface area (Å²) >= 11 is 6.37. The number of halogens is 1. The Hall–Kier alpha value is -2.04. The molecule has 0 aliphatic carbocycles. The quantitative estimate of drug-likeness (QED) is 0.604. The number of methoxy groups -OCH3 is 1. The molecule has 1 heterocycles. The van der Waals surface area contributed by atoms with E-state index < -0.39 is 0 Å². The van der Waals surface area contributed by atoms with Crippen LogP contribution in [-0.4, -0.2) is 45.1 Å². The van der Waals surface area contributed by atoms with Crippen molar-refractivity contribution < 1.29 is 9.53 Å². The lowest BCUT2D eigenvalue weighted by Gasteiger charge is -2.30. The van der Waals surface area contributed by atoms with Crippen molar-refractivity contribution in [1.82, 2.24) is 4.90 Å². The topological polar surface area (TPSA) is 32.8 Å². The van der Waals surface area contributed by atoms with Gasteiger partial charge in [-0.1, -0.05) is 37.6 Å². The minimum atomic E-state index is -0.0771. The molecule has 2 atom stereocenters. The van der Waals surface area contributed by atoms with Gasteiger partial charge in [-0.05, 0) is 80.2 Å². The summed E-state index contributed by atoms with van der Waals surface area (Å²) in [6.07, 6.45) is 1.65. The number of amides is 1. The number of ether oxygens (including phenoxy) is 1. The zero-order chi connectivity index (χ0) is 21.8. The maximum atomic E-state index is 13.9. The molecule has 1 aliphatic heterocycles. The summed E-state index contributed by atoms with van der Waals surface area (Å²) in [5.41, 5.74) is 3.31. The number of nitrogens with zero attached hydrogens (tertiary/aromatic N) is 2. The Morgan fingerprint density at radius 1 is 1.17 bits per heavy atom. The molecule has 0 saturated carbocycles. The second-order valence-corrected chi connectivity index (χ2v) is 9.32. The number of anilines is 1. The average molecular weight is 429 g/mol. The van der Waals surface area contributed by atoms with Crippen LogP contribution >= 0.6 is 11.6 Å². The first-order valence-corrected chi connectivity index (χ1v) is 11.1. The summed E-state index contributed by atoms with van der Waals surface area (Å²) < 4.78 is 5.34. The van der Waals surface area contributed by atoms with Crippen molar-refractivity contribution in [1.29, 1.82) is 0 Å². The number of hydrogen-bond acceptors (Lipinski definition) is 3. The van der Waals surface area contributed by atoms with Crippen LogP contribution in [0.25, 0.3) is 0 Å². The van der Waals surface area contributed by atoms with Gasteiger partial charge in [-0.2, -0.15) is 0 Å². The molecule has 0 spiro atoms. The molecule has 3 rings (SSSR count). The third kappa shape index (κ3) is 5.16. The second-order valence-electron chi connectivity index (χ2n) is 8.89. The molecule has 1 aliphatic rings. The van der Waals surface area contributed by atoms with Gasteiger partial charge in [0.25, 0.3) is 0 Å². The van der Waals surface area contributed by atoms with Gasteiger partial charge in [0.2, 0.25) is 5.91 Å². The van der Waals surface area contributed by atoms with E-state index in [-0.39, 0.29) is 17.7 Å². The summed E-state index contributed by atoms with van der Waals surface area (Å²) in [5.74, 6) is 1.50. The SMILES string of the molecule is COc1ccc(C2Cc3cc(Cl)ccc3N(CCN(C)C)C(=O)C2CC(C)C)cc1. The molecule has 5 heteroatoms. The van der Waals surface area contributed by atoms with Gasteiger partial charge in [0, 0.05) is 29.7 Å². The van der Waals surface area contributed by atoms with E-state index in [1.807, 2.05) is 49.3 Å². The molecule has 0 aromatic heterocycles. The molecule has 2 unspecified atom stereocenters. The third-order valence-corrected chi connectivity index (χ3v) is 6.12. The van der Waals surface area contributed by atoms with Crippen molar-refractivity contribution in [2.24, 2.45) is 11.8 Å². The minimum Gasteiger partial charge on any atom is -0.497 e. The minimum absolute atomic E-state index is 0.0771. The lowest BCUT2D eigenvalue weighted by Crippen LogP contribution is -2.41. The summed E-state index contributed by atoms with van der Waals surface area (Å²) in [4.78, 5) is 18.0. The second kappa shape index (κ2) is 9.84. The highest BCUT2D eigenvalue weighted by molar-refractivity contribution is 6.30. The average Bonchev–Trinajstić information content (AvgIpc) is 2.81. The molecule has 0 saturated heterocycles. The molecule has 162 valence electrons. The van der Waals surface area contributed by atoms with Gasteiger partial charge in [-0.3, -0.25) is 4.79 Å². The van der Waals surface area contributed by atoms with Crippen LogP contribution in [0.4, 0.5) is 5.69 Å². The zero-order valence-corrected chi connectivity index (χ0v) is 19.4. The predicted octanol–water partition coefficient (Wildman–Crippen LogP) is 5.25. The van der Waals surface area contributed by atoms with Crippen LogP contribution in [0.15, 0.2) is 42.5 Å². The summed E-state index contributed by atoms with van der Waals surface area (Å²) in [5, 5.41) is 0.713. The fourth-order valence-electron chi connectivity index (χ4n) is 4.36. The van der Waals surface area contributed by atoms with E-state index in [1.54, 1.807) is 7.11 Å². The molecule has 30 heavy (non-hydrogen) atoms. The van der Waals surface area contributed by atoms with Crippen molar-refractivity contribution in [3.8, 4) is 5.75 Å². The van der Waals surface area contributed by atoms with Crippen LogP contribution in [0.3, 0.4) is 0 Å². The van der Waals surface area contributed by atoms with E-state index in [2.05, 4.69) is 30.9 Å². The van der Waals surface area contributed by atoms with E-state index in [0.717, 1.165) is 36.4 Å². The van der Waals surface area contributed by atoms with Crippen LogP contribution in [-0.2, 0) is 11.2 Å². The van der Waals surface area contributed by atoms with Gasteiger partial charge in [-0.25, -0.2) is 0 Å². The van der Waals surface area contributed by atoms with Gasteiger partial charge in [0.05, 0.1) is 7.11 Å². The highest BCUT2D eigenvalue weighted by Crippen LogP contribution is 2.41. The fraction of sp³-hybridized carbons (Fsp3) is 0.480. The molecule has 2 aromatic rings. The maximum absolute atomic E-state index is 13.9. The first-order valence-electron chi connectivity index (χ1n) is 10.7. The third-order valence-electron chi connectivity index (χ3n) is 5.88. The smallest absolute Gasteiger partial charge is 0.230 e. The first kappa shape index (κ1) is 22.6. The van der Waals surface area contributed by atoms with Gasteiger partial charge in [-0.15, -0.1) is 0 Å². The van der Waals surface area contributed by atoms with Crippen LogP contribution in [0.5, 0.6) is 5.75 Å². The van der Waals surface area contributed by atoms with Gasteiger partial charge >= 0.3 is 0 Å². The van der Waals surface area contributed by atoms with E-state index >= 15 is 0 Å². The Balaban J connectivity index is 2.08. The van der Waals surface area contributed by atoms with Gasteiger partial charge < -0.3 is 14.5 Å². The zero-order valence-electron chi connectivity index (χ0n) is 18.7. The number of rotatable bonds is 7. The molecule has 2 aromatic carbocycles. The van der Waals surface area contributed by atoms with Crippen LogP contribution < -0.4 is 9.64 Å².